The summed E-state index contributed by atoms with van der Waals surface area (Å²) in [5.41, 5.74) is 2.94. The Hall–Kier alpha value is -2.36. The third kappa shape index (κ3) is 2.03. The molecule has 0 fully saturated rings. The van der Waals surface area contributed by atoms with Crippen molar-refractivity contribution in [3.63, 3.8) is 0 Å². The summed E-state index contributed by atoms with van der Waals surface area (Å²) in [5.74, 6) is 0.00897. The minimum Gasteiger partial charge on any atom is -0.506 e. The summed E-state index contributed by atoms with van der Waals surface area (Å²) in [7, 11) is 0. The number of para-hydroxylation sites is 1. The molecule has 0 saturated heterocycles. The van der Waals surface area contributed by atoms with Crippen LogP contribution in [0.1, 0.15) is 28.0 Å². The van der Waals surface area contributed by atoms with E-state index in [1.165, 1.54) is 0 Å². The number of fused-ring (bicyclic) bond motifs is 1. The zero-order chi connectivity index (χ0) is 14.1. The summed E-state index contributed by atoms with van der Waals surface area (Å²) < 4.78 is 0. The van der Waals surface area contributed by atoms with E-state index in [1.54, 1.807) is 17.2 Å². The molecule has 1 aliphatic heterocycles. The summed E-state index contributed by atoms with van der Waals surface area (Å²) in [6.45, 7) is 2.48. The number of hydrogen-bond donors (Lipinski definition) is 1. The molecule has 1 aromatic heterocycles. The first-order chi connectivity index (χ1) is 9.68. The quantitative estimate of drug-likeness (QED) is 0.865. The Morgan fingerprint density at radius 3 is 2.95 bits per heavy atom. The van der Waals surface area contributed by atoms with Crippen LogP contribution in [-0.2, 0) is 6.42 Å². The van der Waals surface area contributed by atoms with Crippen LogP contribution in [0.25, 0.3) is 0 Å². The van der Waals surface area contributed by atoms with Gasteiger partial charge >= 0.3 is 0 Å². The minimum atomic E-state index is -0.148. The van der Waals surface area contributed by atoms with E-state index in [2.05, 4.69) is 4.98 Å². The van der Waals surface area contributed by atoms with Crippen LogP contribution >= 0.6 is 0 Å². The topological polar surface area (TPSA) is 53.4 Å². The van der Waals surface area contributed by atoms with Crippen molar-refractivity contribution >= 4 is 11.6 Å². The molecule has 1 aliphatic rings. The number of aromatic nitrogens is 1. The Bertz CT molecular complexity index is 667. The lowest BCUT2D eigenvalue weighted by Gasteiger charge is -2.30. The van der Waals surface area contributed by atoms with Gasteiger partial charge < -0.3 is 10.0 Å². The number of aryl methyl sites for hydroxylation is 2. The third-order valence-corrected chi connectivity index (χ3v) is 3.65. The molecule has 0 aliphatic carbocycles. The smallest absolute Gasteiger partial charge is 0.277 e. The molecule has 2 aromatic rings. The number of amides is 1. The van der Waals surface area contributed by atoms with Gasteiger partial charge in [-0.3, -0.25) is 9.78 Å². The van der Waals surface area contributed by atoms with E-state index in [0.717, 1.165) is 24.0 Å². The zero-order valence-electron chi connectivity index (χ0n) is 11.3. The van der Waals surface area contributed by atoms with E-state index in [4.69, 9.17) is 0 Å². The predicted octanol–water partition coefficient (Wildman–Crippen LogP) is 2.69. The molecule has 1 N–H and O–H groups in total. The molecular weight excluding hydrogens is 252 g/mol. The van der Waals surface area contributed by atoms with Gasteiger partial charge in [0.15, 0.2) is 0 Å². The second-order valence-corrected chi connectivity index (χ2v) is 5.01. The van der Waals surface area contributed by atoms with Gasteiger partial charge in [0.1, 0.15) is 11.4 Å². The molecule has 2 heterocycles. The Morgan fingerprint density at radius 1 is 1.30 bits per heavy atom. The number of pyridine rings is 1. The predicted molar refractivity (Wildman–Crippen MR) is 77.1 cm³/mol. The average molecular weight is 268 g/mol. The third-order valence-electron chi connectivity index (χ3n) is 3.65. The van der Waals surface area contributed by atoms with Crippen LogP contribution in [0.5, 0.6) is 5.75 Å². The van der Waals surface area contributed by atoms with Crippen molar-refractivity contribution in [2.75, 3.05) is 11.4 Å². The van der Waals surface area contributed by atoms with Crippen molar-refractivity contribution in [2.45, 2.75) is 19.8 Å². The molecule has 1 amide bonds. The summed E-state index contributed by atoms with van der Waals surface area (Å²) >= 11 is 0. The van der Waals surface area contributed by atoms with Gasteiger partial charge in [-0.1, -0.05) is 18.2 Å². The van der Waals surface area contributed by atoms with Crippen molar-refractivity contribution < 1.29 is 9.90 Å². The lowest BCUT2D eigenvalue weighted by Crippen LogP contribution is -2.36. The molecule has 0 spiro atoms. The molecule has 0 unspecified atom stereocenters. The molecule has 0 radical (unpaired) electrons. The number of carbonyl (C=O) groups is 1. The van der Waals surface area contributed by atoms with Gasteiger partial charge in [-0.2, -0.15) is 0 Å². The highest BCUT2D eigenvalue weighted by atomic mass is 16.3. The second-order valence-electron chi connectivity index (χ2n) is 5.01. The van der Waals surface area contributed by atoms with Crippen LogP contribution in [-0.4, -0.2) is 22.5 Å². The van der Waals surface area contributed by atoms with Crippen LogP contribution in [0, 0.1) is 6.92 Å². The van der Waals surface area contributed by atoms with E-state index in [-0.39, 0.29) is 11.7 Å². The number of aromatic hydroxyl groups is 1. The highest BCUT2D eigenvalue weighted by molar-refractivity contribution is 6.07. The van der Waals surface area contributed by atoms with Crippen molar-refractivity contribution in [3.05, 3.63) is 53.3 Å². The molecular formula is C16H16N2O2. The van der Waals surface area contributed by atoms with Gasteiger partial charge in [0.2, 0.25) is 0 Å². The zero-order valence-corrected chi connectivity index (χ0v) is 11.3. The molecule has 1 aromatic carbocycles. The summed E-state index contributed by atoms with van der Waals surface area (Å²) in [5, 5.41) is 10.1. The summed E-state index contributed by atoms with van der Waals surface area (Å²) in [4.78, 5) is 18.5. The Morgan fingerprint density at radius 2 is 2.15 bits per heavy atom. The number of phenols is 1. The maximum Gasteiger partial charge on any atom is 0.277 e. The minimum absolute atomic E-state index is 0.148. The number of phenolic OH excluding ortho intramolecular Hbond substituents is 1. The molecule has 3 rings (SSSR count). The standard InChI is InChI=1S/C16H16N2O2/c1-11-5-3-9-17-14(11)16(20)18-10-4-7-12-6-2-8-13(19)15(12)18/h2-3,5-6,8-9,19H,4,7,10H2,1H3. The number of hydrogen-bond acceptors (Lipinski definition) is 3. The summed E-state index contributed by atoms with van der Waals surface area (Å²) in [6.07, 6.45) is 3.40. The number of benzene rings is 1. The van der Waals surface area contributed by atoms with Gasteiger partial charge in [-0.15, -0.1) is 0 Å². The first-order valence-electron chi connectivity index (χ1n) is 6.73. The number of rotatable bonds is 1. The van der Waals surface area contributed by atoms with Gasteiger partial charge in [-0.25, -0.2) is 0 Å². The Kier molecular flexibility index (Phi) is 3.14. The Balaban J connectivity index is 2.05. The normalized spacial score (nSPS) is 13.9. The number of anilines is 1. The van der Waals surface area contributed by atoms with Crippen molar-refractivity contribution in [3.8, 4) is 5.75 Å². The fourth-order valence-corrected chi connectivity index (χ4v) is 2.67. The Labute approximate surface area is 117 Å². The molecule has 0 saturated carbocycles. The van der Waals surface area contributed by atoms with E-state index in [9.17, 15) is 9.90 Å². The monoisotopic (exact) mass is 268 g/mol. The fourth-order valence-electron chi connectivity index (χ4n) is 2.67. The number of carbonyl (C=O) groups excluding carboxylic acids is 1. The van der Waals surface area contributed by atoms with Crippen LogP contribution in [0.4, 0.5) is 5.69 Å². The molecule has 0 atom stereocenters. The van der Waals surface area contributed by atoms with Gasteiger partial charge in [0, 0.05) is 12.7 Å². The second kappa shape index (κ2) is 4.96. The van der Waals surface area contributed by atoms with Crippen molar-refractivity contribution in [1.29, 1.82) is 0 Å². The fraction of sp³-hybridized carbons (Fsp3) is 0.250. The largest absolute Gasteiger partial charge is 0.506 e. The van der Waals surface area contributed by atoms with E-state index in [1.807, 2.05) is 31.2 Å². The maximum absolute atomic E-state index is 12.7. The van der Waals surface area contributed by atoms with Crippen molar-refractivity contribution in [2.24, 2.45) is 0 Å². The highest BCUT2D eigenvalue weighted by Crippen LogP contribution is 2.36. The van der Waals surface area contributed by atoms with Gasteiger partial charge in [0.05, 0.1) is 5.69 Å². The van der Waals surface area contributed by atoms with Crippen molar-refractivity contribution in [1.82, 2.24) is 4.98 Å². The van der Waals surface area contributed by atoms with Crippen LogP contribution in [0.3, 0.4) is 0 Å². The lowest BCUT2D eigenvalue weighted by atomic mass is 10.00. The SMILES string of the molecule is Cc1cccnc1C(=O)N1CCCc2cccc(O)c21. The van der Waals surface area contributed by atoms with E-state index >= 15 is 0 Å². The van der Waals surface area contributed by atoms with Gasteiger partial charge in [0.25, 0.3) is 5.91 Å². The number of nitrogens with zero attached hydrogens (tertiary/aromatic N) is 2. The molecule has 0 bridgehead atoms. The maximum atomic E-state index is 12.7. The lowest BCUT2D eigenvalue weighted by molar-refractivity contribution is 0.0979. The highest BCUT2D eigenvalue weighted by Gasteiger charge is 2.27. The molecule has 4 heteroatoms. The summed E-state index contributed by atoms with van der Waals surface area (Å²) in [6, 6.07) is 9.08. The van der Waals surface area contributed by atoms with Crippen LogP contribution in [0.15, 0.2) is 36.5 Å². The molecule has 20 heavy (non-hydrogen) atoms. The first-order valence-corrected chi connectivity index (χ1v) is 6.73. The van der Waals surface area contributed by atoms with Crippen LogP contribution in [0.2, 0.25) is 0 Å². The molecule has 4 nitrogen and oxygen atoms in total. The average Bonchev–Trinajstić information content (AvgIpc) is 2.47. The first kappa shape index (κ1) is 12.7. The van der Waals surface area contributed by atoms with Gasteiger partial charge in [-0.05, 0) is 43.0 Å². The van der Waals surface area contributed by atoms with Crippen LogP contribution < -0.4 is 4.90 Å². The van der Waals surface area contributed by atoms with E-state index < -0.39 is 0 Å². The molecule has 102 valence electrons. The van der Waals surface area contributed by atoms with E-state index in [0.29, 0.717) is 17.9 Å².